The van der Waals surface area contributed by atoms with Crippen molar-refractivity contribution >= 4 is 10.9 Å². The lowest BCUT2D eigenvalue weighted by Crippen LogP contribution is -2.51. The van der Waals surface area contributed by atoms with Crippen molar-refractivity contribution in [2.24, 2.45) is 0 Å². The van der Waals surface area contributed by atoms with Gasteiger partial charge in [-0.3, -0.25) is 0 Å². The van der Waals surface area contributed by atoms with E-state index >= 15 is 0 Å². The number of aromatic nitrogens is 1. The molecule has 1 saturated heterocycles. The zero-order valence-corrected chi connectivity index (χ0v) is 17.5. The molecule has 3 N–H and O–H groups in total. The fourth-order valence-electron chi connectivity index (χ4n) is 4.93. The van der Waals surface area contributed by atoms with Gasteiger partial charge in [0, 0.05) is 54.3 Å². The third kappa shape index (κ3) is 3.78. The molecule has 2 atom stereocenters. The Balaban J connectivity index is 1.25. The summed E-state index contributed by atoms with van der Waals surface area (Å²) in [7, 11) is 1.61. The number of aliphatic hydroxyl groups excluding tert-OH is 2. The van der Waals surface area contributed by atoms with Gasteiger partial charge in [0.15, 0.2) is 0 Å². The number of H-pyrrole nitrogens is 1. The summed E-state index contributed by atoms with van der Waals surface area (Å²) in [5, 5.41) is 22.3. The summed E-state index contributed by atoms with van der Waals surface area (Å²) in [5.41, 5.74) is 1.90. The number of halogens is 1. The Kier molecular flexibility index (Phi) is 5.12. The number of fused-ring (bicyclic) bond motifs is 2. The van der Waals surface area contributed by atoms with Crippen LogP contribution in [-0.4, -0.2) is 52.4 Å². The lowest BCUT2D eigenvalue weighted by Gasteiger charge is -2.46. The first kappa shape index (κ1) is 20.3. The minimum atomic E-state index is -0.712. The predicted octanol–water partition coefficient (Wildman–Crippen LogP) is 3.70. The topological polar surface area (TPSA) is 78.0 Å². The van der Waals surface area contributed by atoms with Crippen molar-refractivity contribution in [3.63, 3.8) is 0 Å². The van der Waals surface area contributed by atoms with E-state index in [4.69, 9.17) is 9.47 Å². The molecule has 2 aliphatic heterocycles. The average molecular weight is 426 g/mol. The normalized spacial score (nSPS) is 21.6. The van der Waals surface area contributed by atoms with Crippen molar-refractivity contribution in [1.29, 1.82) is 0 Å². The molecule has 7 heteroatoms. The zero-order valence-electron chi connectivity index (χ0n) is 17.5. The molecule has 1 fully saturated rings. The van der Waals surface area contributed by atoms with Gasteiger partial charge in [0.05, 0.1) is 19.3 Å². The van der Waals surface area contributed by atoms with Crippen LogP contribution in [0.4, 0.5) is 4.39 Å². The van der Waals surface area contributed by atoms with E-state index in [0.29, 0.717) is 35.4 Å². The molecule has 0 amide bonds. The van der Waals surface area contributed by atoms with Crippen molar-refractivity contribution in [3.8, 4) is 11.5 Å². The molecular formula is C24H27FN2O4. The molecule has 0 aliphatic carbocycles. The summed E-state index contributed by atoms with van der Waals surface area (Å²) in [6.07, 6.45) is 2.54. The summed E-state index contributed by atoms with van der Waals surface area (Å²) >= 11 is 0. The Morgan fingerprint density at radius 1 is 1.26 bits per heavy atom. The van der Waals surface area contributed by atoms with E-state index < -0.39 is 17.8 Å². The van der Waals surface area contributed by atoms with Crippen LogP contribution in [0.5, 0.6) is 11.5 Å². The molecule has 0 radical (unpaired) electrons. The van der Waals surface area contributed by atoms with Gasteiger partial charge in [-0.2, -0.15) is 0 Å². The number of aromatic amines is 1. The van der Waals surface area contributed by atoms with Crippen LogP contribution < -0.4 is 9.47 Å². The lowest BCUT2D eigenvalue weighted by atomic mass is 9.81. The highest BCUT2D eigenvalue weighted by atomic mass is 19.1. The molecule has 0 unspecified atom stereocenters. The molecule has 164 valence electrons. The number of ether oxygens (including phenoxy) is 2. The molecule has 3 aromatic rings. The maximum absolute atomic E-state index is 13.7. The smallest absolute Gasteiger partial charge is 0.126 e. The third-order valence-electron chi connectivity index (χ3n) is 6.70. The van der Waals surface area contributed by atoms with Crippen LogP contribution >= 0.6 is 0 Å². The van der Waals surface area contributed by atoms with Gasteiger partial charge in [-0.25, -0.2) is 4.39 Å². The van der Waals surface area contributed by atoms with Crippen molar-refractivity contribution < 1.29 is 24.1 Å². The maximum Gasteiger partial charge on any atom is 0.126 e. The fourth-order valence-corrected chi connectivity index (χ4v) is 4.93. The Labute approximate surface area is 180 Å². The van der Waals surface area contributed by atoms with Crippen LogP contribution in [0.3, 0.4) is 0 Å². The molecule has 2 aromatic carbocycles. The highest BCUT2D eigenvalue weighted by Gasteiger charge is 2.43. The molecule has 2 aliphatic rings. The van der Waals surface area contributed by atoms with E-state index in [1.165, 1.54) is 12.1 Å². The molecular weight excluding hydrogens is 399 g/mol. The number of nitrogens with one attached hydrogen (secondary N) is 1. The van der Waals surface area contributed by atoms with E-state index in [-0.39, 0.29) is 5.82 Å². The molecule has 0 saturated carbocycles. The molecule has 3 heterocycles. The highest BCUT2D eigenvalue weighted by Crippen LogP contribution is 2.45. The van der Waals surface area contributed by atoms with Crippen LogP contribution in [0.25, 0.3) is 10.9 Å². The quantitative estimate of drug-likeness (QED) is 0.593. The molecule has 1 aromatic heterocycles. The van der Waals surface area contributed by atoms with Crippen LogP contribution in [-0.2, 0) is 0 Å². The summed E-state index contributed by atoms with van der Waals surface area (Å²) in [6, 6.07) is 10.1. The van der Waals surface area contributed by atoms with Gasteiger partial charge >= 0.3 is 0 Å². The van der Waals surface area contributed by atoms with Gasteiger partial charge in [0.25, 0.3) is 0 Å². The Morgan fingerprint density at radius 2 is 2.06 bits per heavy atom. The number of nitrogens with zero attached hydrogens (tertiary/aromatic N) is 1. The van der Waals surface area contributed by atoms with E-state index in [1.807, 2.05) is 18.2 Å². The number of hydrogen-bond donors (Lipinski definition) is 3. The summed E-state index contributed by atoms with van der Waals surface area (Å²) in [6.45, 7) is 1.98. The highest BCUT2D eigenvalue weighted by molar-refractivity contribution is 5.83. The first-order valence-electron chi connectivity index (χ1n) is 10.7. The Bertz CT molecular complexity index is 1090. The summed E-state index contributed by atoms with van der Waals surface area (Å²) in [4.78, 5) is 5.30. The molecule has 0 bridgehead atoms. The van der Waals surface area contributed by atoms with Crippen molar-refractivity contribution in [2.45, 2.75) is 37.1 Å². The van der Waals surface area contributed by atoms with Crippen molar-refractivity contribution in [1.82, 2.24) is 9.88 Å². The summed E-state index contributed by atoms with van der Waals surface area (Å²) < 4.78 is 25.3. The number of β-amino-alcohol motifs (C(OH)–C–C–N with tert-alkyl or cyclic N) is 1. The van der Waals surface area contributed by atoms with Crippen LogP contribution in [0.15, 0.2) is 42.6 Å². The van der Waals surface area contributed by atoms with Crippen LogP contribution in [0.1, 0.15) is 42.6 Å². The monoisotopic (exact) mass is 426 g/mol. The second-order valence-electron chi connectivity index (χ2n) is 8.66. The predicted molar refractivity (Wildman–Crippen MR) is 115 cm³/mol. The second kappa shape index (κ2) is 7.82. The van der Waals surface area contributed by atoms with Crippen LogP contribution in [0, 0.1) is 5.82 Å². The average Bonchev–Trinajstić information content (AvgIpc) is 3.18. The maximum atomic E-state index is 13.7. The zero-order chi connectivity index (χ0) is 21.6. The molecule has 1 spiro atoms. The number of hydrogen-bond acceptors (Lipinski definition) is 5. The number of piperidine rings is 1. The fraction of sp³-hybridized carbons (Fsp3) is 0.417. The van der Waals surface area contributed by atoms with Gasteiger partial charge in [-0.1, -0.05) is 0 Å². The lowest BCUT2D eigenvalue weighted by molar-refractivity contribution is -0.0588. The molecule has 31 heavy (non-hydrogen) atoms. The first-order chi connectivity index (χ1) is 15.0. The van der Waals surface area contributed by atoms with Gasteiger partial charge in [-0.05, 0) is 49.2 Å². The number of benzene rings is 2. The van der Waals surface area contributed by atoms with Crippen molar-refractivity contribution in [2.75, 3.05) is 26.7 Å². The summed E-state index contributed by atoms with van der Waals surface area (Å²) in [5.74, 6) is 1.11. The number of methoxy groups -OCH3 is 1. The second-order valence-corrected chi connectivity index (χ2v) is 8.66. The number of aliphatic hydroxyl groups is 2. The standard InChI is InChI=1S/C24H27FN2O4/c1-30-16-3-5-23-18(11-16)21(28)12-24(31-23)6-8-27(9-7-24)14-22(29)19-13-26-20-4-2-15(25)10-17(19)20/h2-5,10-11,13,21-22,26,28-29H,6-9,12,14H2,1H3/t21-,22+/m0/s1. The molecule has 5 rings (SSSR count). The van der Waals surface area contributed by atoms with E-state index in [2.05, 4.69) is 9.88 Å². The molecule has 6 nitrogen and oxygen atoms in total. The SMILES string of the molecule is COc1ccc2c(c1)[C@@H](O)CC1(CCN(C[C@@H](O)c3c[nH]c4ccc(F)cc34)CC1)O2. The van der Waals surface area contributed by atoms with Gasteiger partial charge < -0.3 is 29.6 Å². The van der Waals surface area contributed by atoms with Gasteiger partial charge in [0.2, 0.25) is 0 Å². The minimum Gasteiger partial charge on any atom is -0.497 e. The van der Waals surface area contributed by atoms with Crippen LogP contribution in [0.2, 0.25) is 0 Å². The first-order valence-corrected chi connectivity index (χ1v) is 10.7. The minimum absolute atomic E-state index is 0.314. The number of rotatable bonds is 4. The van der Waals surface area contributed by atoms with Crippen molar-refractivity contribution in [3.05, 3.63) is 59.5 Å². The number of likely N-dealkylation sites (tertiary alicyclic amines) is 1. The van der Waals surface area contributed by atoms with Gasteiger partial charge in [0.1, 0.15) is 22.9 Å². The van der Waals surface area contributed by atoms with E-state index in [1.54, 1.807) is 19.4 Å². The van der Waals surface area contributed by atoms with E-state index in [9.17, 15) is 14.6 Å². The van der Waals surface area contributed by atoms with E-state index in [0.717, 1.165) is 37.0 Å². The Morgan fingerprint density at radius 3 is 2.84 bits per heavy atom. The Hall–Kier alpha value is -2.61. The third-order valence-corrected chi connectivity index (χ3v) is 6.70. The largest absolute Gasteiger partial charge is 0.497 e. The van der Waals surface area contributed by atoms with Gasteiger partial charge in [-0.15, -0.1) is 0 Å².